The second kappa shape index (κ2) is 9.60. The molecule has 2 aromatic rings. The molecule has 0 bridgehead atoms. The van der Waals surface area contributed by atoms with Crippen molar-refractivity contribution in [3.05, 3.63) is 54.1 Å². The lowest BCUT2D eigenvalue weighted by Gasteiger charge is -2.20. The van der Waals surface area contributed by atoms with Crippen LogP contribution in [-0.2, 0) is 9.53 Å². The summed E-state index contributed by atoms with van der Waals surface area (Å²) in [5.41, 5.74) is 2.19. The van der Waals surface area contributed by atoms with Crippen LogP contribution in [0, 0.1) is 5.92 Å². The van der Waals surface area contributed by atoms with Gasteiger partial charge >= 0.3 is 0 Å². The predicted octanol–water partition coefficient (Wildman–Crippen LogP) is 3.96. The molecule has 1 aliphatic heterocycles. The molecule has 31 heavy (non-hydrogen) atoms. The molecule has 2 aromatic carbocycles. The fourth-order valence-electron chi connectivity index (χ4n) is 3.94. The molecule has 166 valence electrons. The first kappa shape index (κ1) is 21.5. The molecule has 2 aliphatic rings. The minimum absolute atomic E-state index is 0.0104. The number of amides is 1. The van der Waals surface area contributed by atoms with Crippen LogP contribution in [0.25, 0.3) is 0 Å². The van der Waals surface area contributed by atoms with E-state index in [9.17, 15) is 4.79 Å². The molecule has 1 saturated carbocycles. The van der Waals surface area contributed by atoms with Crippen molar-refractivity contribution in [2.45, 2.75) is 44.9 Å². The fraction of sp³-hybridized carbons (Fsp3) is 0.480. The third-order valence-electron chi connectivity index (χ3n) is 5.99. The maximum Gasteiger partial charge on any atom is 0.217 e. The molecule has 0 radical (unpaired) electrons. The normalized spacial score (nSPS) is 21.6. The third kappa shape index (κ3) is 5.70. The molecule has 4 rings (SSSR count). The van der Waals surface area contributed by atoms with E-state index in [1.165, 1.54) is 19.8 Å². The quantitative estimate of drug-likeness (QED) is 0.660. The molecule has 0 unspecified atom stereocenters. The molecule has 1 heterocycles. The van der Waals surface area contributed by atoms with Crippen molar-refractivity contribution in [3.8, 4) is 11.5 Å². The van der Waals surface area contributed by atoms with Crippen molar-refractivity contribution >= 4 is 11.6 Å². The van der Waals surface area contributed by atoms with Gasteiger partial charge in [-0.25, -0.2) is 0 Å². The summed E-state index contributed by atoms with van der Waals surface area (Å²) in [6.45, 7) is 5.85. The van der Waals surface area contributed by atoms with Gasteiger partial charge in [0.2, 0.25) is 5.91 Å². The monoisotopic (exact) mass is 424 g/mol. The smallest absolute Gasteiger partial charge is 0.217 e. The number of carbonyl (C=O) groups excluding carboxylic acids is 1. The van der Waals surface area contributed by atoms with E-state index in [0.29, 0.717) is 0 Å². The van der Waals surface area contributed by atoms with Gasteiger partial charge in [0, 0.05) is 26.3 Å². The van der Waals surface area contributed by atoms with Crippen LogP contribution >= 0.6 is 0 Å². The predicted molar refractivity (Wildman–Crippen MR) is 121 cm³/mol. The van der Waals surface area contributed by atoms with Crippen LogP contribution in [0.5, 0.6) is 11.5 Å². The highest BCUT2D eigenvalue weighted by atomic mass is 16.5. The van der Waals surface area contributed by atoms with Crippen molar-refractivity contribution < 1.29 is 19.0 Å². The first-order valence-electron chi connectivity index (χ1n) is 11.1. The van der Waals surface area contributed by atoms with Crippen molar-refractivity contribution in [2.24, 2.45) is 5.92 Å². The lowest BCUT2D eigenvalue weighted by molar-refractivity contribution is -0.119. The van der Waals surface area contributed by atoms with Crippen molar-refractivity contribution in [1.82, 2.24) is 5.32 Å². The minimum Gasteiger partial charge on any atom is -0.493 e. The Bertz CT molecular complexity index is 864. The van der Waals surface area contributed by atoms with E-state index in [1.54, 1.807) is 7.11 Å². The second-order valence-electron chi connectivity index (χ2n) is 8.57. The van der Waals surface area contributed by atoms with E-state index in [-0.39, 0.29) is 24.2 Å². The molecular formula is C25H32N2O4. The molecule has 1 aliphatic carbocycles. The van der Waals surface area contributed by atoms with Crippen LogP contribution in [0.3, 0.4) is 0 Å². The van der Waals surface area contributed by atoms with Crippen LogP contribution < -0.4 is 19.7 Å². The Morgan fingerprint density at radius 3 is 2.29 bits per heavy atom. The minimum atomic E-state index is -0.0607. The summed E-state index contributed by atoms with van der Waals surface area (Å²) in [7, 11) is 1.73. The van der Waals surface area contributed by atoms with Gasteiger partial charge in [-0.05, 0) is 67.6 Å². The number of methoxy groups -OCH3 is 1. The van der Waals surface area contributed by atoms with Gasteiger partial charge in [0.15, 0.2) is 0 Å². The number of carbonyl (C=O) groups is 1. The summed E-state index contributed by atoms with van der Waals surface area (Å²) in [5.74, 6) is 2.45. The molecule has 2 fully saturated rings. The molecule has 1 N–H and O–H groups in total. The highest BCUT2D eigenvalue weighted by Crippen LogP contribution is 2.31. The van der Waals surface area contributed by atoms with Gasteiger partial charge in [-0.2, -0.15) is 0 Å². The maximum absolute atomic E-state index is 11.3. The van der Waals surface area contributed by atoms with E-state index in [2.05, 4.69) is 22.3 Å². The standard InChI is InChI=1S/C25H32N2O4/c1-17(26-18(2)28)20-6-10-23(11-7-20)31-25-15-27(14-24(25)29-3)21-8-12-22(13-9-21)30-16-19-4-5-19/h6-13,17,19,24-25H,4-5,14-16H2,1-3H3,(H,26,28)/t17-,24+,25-/m0/s1. The Kier molecular flexibility index (Phi) is 6.66. The van der Waals surface area contributed by atoms with Crippen molar-refractivity contribution in [2.75, 3.05) is 31.7 Å². The van der Waals surface area contributed by atoms with E-state index in [4.69, 9.17) is 14.2 Å². The number of nitrogens with zero attached hydrogens (tertiary/aromatic N) is 1. The van der Waals surface area contributed by atoms with E-state index in [1.807, 2.05) is 43.3 Å². The first-order valence-corrected chi connectivity index (χ1v) is 11.1. The van der Waals surface area contributed by atoms with E-state index < -0.39 is 0 Å². The van der Waals surface area contributed by atoms with Gasteiger partial charge in [0.1, 0.15) is 23.7 Å². The van der Waals surface area contributed by atoms with Crippen LogP contribution in [0.15, 0.2) is 48.5 Å². The van der Waals surface area contributed by atoms with Gasteiger partial charge in [0.25, 0.3) is 0 Å². The Morgan fingerprint density at radius 2 is 1.68 bits per heavy atom. The van der Waals surface area contributed by atoms with Gasteiger partial charge < -0.3 is 24.4 Å². The maximum atomic E-state index is 11.3. The number of nitrogens with one attached hydrogen (secondary N) is 1. The van der Waals surface area contributed by atoms with E-state index in [0.717, 1.165) is 48.4 Å². The fourth-order valence-corrected chi connectivity index (χ4v) is 3.94. The lowest BCUT2D eigenvalue weighted by atomic mass is 10.1. The zero-order valence-corrected chi connectivity index (χ0v) is 18.5. The largest absolute Gasteiger partial charge is 0.493 e. The number of ether oxygens (including phenoxy) is 3. The summed E-state index contributed by atoms with van der Waals surface area (Å²) < 4.78 is 17.8. The lowest BCUT2D eigenvalue weighted by Crippen LogP contribution is -2.31. The number of hydrogen-bond acceptors (Lipinski definition) is 5. The summed E-state index contributed by atoms with van der Waals surface area (Å²) >= 11 is 0. The average Bonchev–Trinajstić information content (AvgIpc) is 3.51. The number of rotatable bonds is 9. The third-order valence-corrected chi connectivity index (χ3v) is 5.99. The Hall–Kier alpha value is -2.73. The Balaban J connectivity index is 1.35. The van der Waals surface area contributed by atoms with Gasteiger partial charge in [0.05, 0.1) is 19.2 Å². The van der Waals surface area contributed by atoms with Gasteiger partial charge in [-0.1, -0.05) is 12.1 Å². The molecule has 0 aromatic heterocycles. The molecule has 3 atom stereocenters. The molecule has 6 heteroatoms. The summed E-state index contributed by atoms with van der Waals surface area (Å²) in [6.07, 6.45) is 2.52. The summed E-state index contributed by atoms with van der Waals surface area (Å²) in [4.78, 5) is 13.5. The van der Waals surface area contributed by atoms with Crippen LogP contribution in [-0.4, -0.2) is 44.9 Å². The SMILES string of the molecule is CO[C@@H]1CN(c2ccc(OCC3CC3)cc2)C[C@@H]1Oc1ccc([C@H](C)NC(C)=O)cc1. The summed E-state index contributed by atoms with van der Waals surface area (Å²) in [6, 6.07) is 16.2. The number of hydrogen-bond donors (Lipinski definition) is 1. The van der Waals surface area contributed by atoms with Crippen LogP contribution in [0.2, 0.25) is 0 Å². The molecule has 1 amide bonds. The van der Waals surface area contributed by atoms with Crippen LogP contribution in [0.4, 0.5) is 5.69 Å². The highest BCUT2D eigenvalue weighted by Gasteiger charge is 2.35. The molecule has 0 spiro atoms. The number of benzene rings is 2. The zero-order chi connectivity index (χ0) is 21.8. The van der Waals surface area contributed by atoms with Crippen LogP contribution in [0.1, 0.15) is 38.3 Å². The molecule has 1 saturated heterocycles. The first-order chi connectivity index (χ1) is 15.0. The van der Waals surface area contributed by atoms with Crippen molar-refractivity contribution in [3.63, 3.8) is 0 Å². The topological polar surface area (TPSA) is 60.0 Å². The Labute approximate surface area is 184 Å². The molecular weight excluding hydrogens is 392 g/mol. The van der Waals surface area contributed by atoms with Gasteiger partial charge in [-0.15, -0.1) is 0 Å². The summed E-state index contributed by atoms with van der Waals surface area (Å²) in [5, 5.41) is 2.90. The second-order valence-corrected chi connectivity index (χ2v) is 8.57. The molecule has 6 nitrogen and oxygen atoms in total. The van der Waals surface area contributed by atoms with E-state index >= 15 is 0 Å². The average molecular weight is 425 g/mol. The van der Waals surface area contributed by atoms with Crippen molar-refractivity contribution in [1.29, 1.82) is 0 Å². The highest BCUT2D eigenvalue weighted by molar-refractivity contribution is 5.73. The number of anilines is 1. The van der Waals surface area contributed by atoms with Gasteiger partial charge in [-0.3, -0.25) is 4.79 Å². The zero-order valence-electron chi connectivity index (χ0n) is 18.5. The Morgan fingerprint density at radius 1 is 1.03 bits per heavy atom.